The number of fused-ring (bicyclic) bond motifs is 1. The van der Waals surface area contributed by atoms with Crippen molar-refractivity contribution >= 4 is 0 Å². The highest BCUT2D eigenvalue weighted by molar-refractivity contribution is 5.37. The van der Waals surface area contributed by atoms with Crippen molar-refractivity contribution in [3.8, 4) is 5.75 Å². The first-order valence-electron chi connectivity index (χ1n) is 5.30. The van der Waals surface area contributed by atoms with Gasteiger partial charge in [0, 0.05) is 19.1 Å². The lowest BCUT2D eigenvalue weighted by Crippen LogP contribution is -2.42. The Morgan fingerprint density at radius 3 is 2.93 bits per heavy atom. The first-order chi connectivity index (χ1) is 7.24. The van der Waals surface area contributed by atoms with Gasteiger partial charge in [-0.1, -0.05) is 6.07 Å². The predicted molar refractivity (Wildman–Crippen MR) is 61.0 cm³/mol. The molecule has 82 valence electrons. The Bertz CT molecular complexity index is 351. The molecule has 0 saturated heterocycles. The quantitative estimate of drug-likeness (QED) is 0.785. The van der Waals surface area contributed by atoms with Crippen LogP contribution in [0.25, 0.3) is 0 Å². The van der Waals surface area contributed by atoms with Crippen molar-refractivity contribution in [2.24, 2.45) is 5.73 Å². The molecular weight excluding hydrogens is 188 g/mol. The molecule has 1 heterocycles. The molecule has 1 atom stereocenters. The van der Waals surface area contributed by atoms with Gasteiger partial charge in [0.1, 0.15) is 5.75 Å². The summed E-state index contributed by atoms with van der Waals surface area (Å²) in [5.74, 6) is 0.939. The van der Waals surface area contributed by atoms with Gasteiger partial charge in [-0.3, -0.25) is 4.90 Å². The van der Waals surface area contributed by atoms with Gasteiger partial charge in [-0.15, -0.1) is 0 Å². The van der Waals surface area contributed by atoms with Crippen LogP contribution in [-0.2, 0) is 13.0 Å². The van der Waals surface area contributed by atoms with Crippen LogP contribution in [0.2, 0.25) is 0 Å². The van der Waals surface area contributed by atoms with E-state index in [1.54, 1.807) is 7.11 Å². The Morgan fingerprint density at radius 1 is 1.47 bits per heavy atom. The van der Waals surface area contributed by atoms with Crippen LogP contribution in [0.5, 0.6) is 5.75 Å². The van der Waals surface area contributed by atoms with Gasteiger partial charge in [0.15, 0.2) is 0 Å². The normalized spacial score (nSPS) is 21.1. The van der Waals surface area contributed by atoms with Crippen LogP contribution in [-0.4, -0.2) is 31.6 Å². The Balaban J connectivity index is 2.29. The summed E-state index contributed by atoms with van der Waals surface area (Å²) in [6, 6.07) is 6.77. The lowest BCUT2D eigenvalue weighted by atomic mass is 9.94. The van der Waals surface area contributed by atoms with Gasteiger partial charge in [0.05, 0.1) is 7.11 Å². The molecule has 0 bridgehead atoms. The maximum Gasteiger partial charge on any atom is 0.119 e. The summed E-state index contributed by atoms with van der Waals surface area (Å²) in [5.41, 5.74) is 8.52. The average molecular weight is 206 g/mol. The summed E-state index contributed by atoms with van der Waals surface area (Å²) >= 11 is 0. The van der Waals surface area contributed by atoms with E-state index in [0.717, 1.165) is 18.7 Å². The molecule has 3 nitrogen and oxygen atoms in total. The van der Waals surface area contributed by atoms with Crippen LogP contribution < -0.4 is 10.5 Å². The number of rotatable bonds is 2. The SMILES string of the molecule is COc1ccc2c(c1)C[C@H](CN)N(C)C2. The summed E-state index contributed by atoms with van der Waals surface area (Å²) in [5, 5.41) is 0. The number of nitrogens with two attached hydrogens (primary N) is 1. The maximum absolute atomic E-state index is 5.75. The van der Waals surface area contributed by atoms with Gasteiger partial charge in [-0.2, -0.15) is 0 Å². The molecule has 0 fully saturated rings. The molecule has 1 aromatic rings. The number of ether oxygens (including phenoxy) is 1. The Hall–Kier alpha value is -1.06. The fourth-order valence-corrected chi connectivity index (χ4v) is 2.14. The van der Waals surface area contributed by atoms with Crippen LogP contribution >= 0.6 is 0 Å². The standard InChI is InChI=1S/C12H18N2O/c1-14-8-9-3-4-12(15-2)6-10(9)5-11(14)7-13/h3-4,6,11H,5,7-8,13H2,1-2H3/t11-/m1/s1. The van der Waals surface area contributed by atoms with Crippen LogP contribution in [0.3, 0.4) is 0 Å². The van der Waals surface area contributed by atoms with Gasteiger partial charge in [-0.25, -0.2) is 0 Å². The molecule has 2 N–H and O–H groups in total. The third-order valence-electron chi connectivity index (χ3n) is 3.18. The number of methoxy groups -OCH3 is 1. The number of likely N-dealkylation sites (N-methyl/N-ethyl adjacent to an activating group) is 1. The van der Waals surface area contributed by atoms with Gasteiger partial charge in [0.2, 0.25) is 0 Å². The van der Waals surface area contributed by atoms with Gasteiger partial charge < -0.3 is 10.5 Å². The fraction of sp³-hybridized carbons (Fsp3) is 0.500. The summed E-state index contributed by atoms with van der Waals surface area (Å²) in [4.78, 5) is 2.31. The van der Waals surface area contributed by atoms with E-state index < -0.39 is 0 Å². The minimum Gasteiger partial charge on any atom is -0.497 e. The molecule has 0 aliphatic carbocycles. The number of nitrogens with zero attached hydrogens (tertiary/aromatic N) is 1. The zero-order chi connectivity index (χ0) is 10.8. The largest absolute Gasteiger partial charge is 0.497 e. The molecule has 1 aliphatic heterocycles. The van der Waals surface area contributed by atoms with Crippen molar-refractivity contribution in [2.45, 2.75) is 19.0 Å². The highest BCUT2D eigenvalue weighted by Gasteiger charge is 2.22. The molecule has 0 unspecified atom stereocenters. The number of hydrogen-bond donors (Lipinski definition) is 1. The molecule has 0 saturated carbocycles. The minimum atomic E-state index is 0.463. The van der Waals surface area contributed by atoms with Gasteiger partial charge in [0.25, 0.3) is 0 Å². The first kappa shape index (κ1) is 10.5. The van der Waals surface area contributed by atoms with E-state index >= 15 is 0 Å². The van der Waals surface area contributed by atoms with E-state index in [-0.39, 0.29) is 0 Å². The zero-order valence-corrected chi connectivity index (χ0v) is 9.36. The van der Waals surface area contributed by atoms with E-state index in [1.165, 1.54) is 11.1 Å². The molecule has 0 radical (unpaired) electrons. The molecule has 0 amide bonds. The van der Waals surface area contributed by atoms with Crippen LogP contribution in [0.4, 0.5) is 0 Å². The fourth-order valence-electron chi connectivity index (χ4n) is 2.14. The third kappa shape index (κ3) is 1.98. The smallest absolute Gasteiger partial charge is 0.119 e. The summed E-state index contributed by atoms with van der Waals surface area (Å²) in [6.45, 7) is 1.70. The lowest BCUT2D eigenvalue weighted by molar-refractivity contribution is 0.220. The maximum atomic E-state index is 5.75. The van der Waals surface area contributed by atoms with Crippen molar-refractivity contribution in [1.29, 1.82) is 0 Å². The molecule has 1 aliphatic rings. The third-order valence-corrected chi connectivity index (χ3v) is 3.18. The molecule has 15 heavy (non-hydrogen) atoms. The molecule has 1 aromatic carbocycles. The number of benzene rings is 1. The number of hydrogen-bond acceptors (Lipinski definition) is 3. The van der Waals surface area contributed by atoms with Crippen molar-refractivity contribution in [3.05, 3.63) is 29.3 Å². The van der Waals surface area contributed by atoms with E-state index in [1.807, 2.05) is 6.07 Å². The summed E-state index contributed by atoms with van der Waals surface area (Å²) in [7, 11) is 3.84. The molecule has 3 heteroatoms. The zero-order valence-electron chi connectivity index (χ0n) is 9.36. The second kappa shape index (κ2) is 4.21. The highest BCUT2D eigenvalue weighted by Crippen LogP contribution is 2.25. The highest BCUT2D eigenvalue weighted by atomic mass is 16.5. The van der Waals surface area contributed by atoms with Crippen LogP contribution in [0.15, 0.2) is 18.2 Å². The van der Waals surface area contributed by atoms with Crippen molar-refractivity contribution in [2.75, 3.05) is 20.7 Å². The molecular formula is C12H18N2O. The van der Waals surface area contributed by atoms with Crippen molar-refractivity contribution in [3.63, 3.8) is 0 Å². The van der Waals surface area contributed by atoms with E-state index in [4.69, 9.17) is 10.5 Å². The second-order valence-corrected chi connectivity index (χ2v) is 4.14. The Kier molecular flexibility index (Phi) is 2.93. The van der Waals surface area contributed by atoms with Crippen LogP contribution in [0.1, 0.15) is 11.1 Å². The minimum absolute atomic E-state index is 0.463. The van der Waals surface area contributed by atoms with Gasteiger partial charge >= 0.3 is 0 Å². The van der Waals surface area contributed by atoms with Crippen molar-refractivity contribution < 1.29 is 4.74 Å². The molecule has 0 aromatic heterocycles. The average Bonchev–Trinajstić information content (AvgIpc) is 2.27. The van der Waals surface area contributed by atoms with Crippen molar-refractivity contribution in [1.82, 2.24) is 4.90 Å². The molecule has 2 rings (SSSR count). The second-order valence-electron chi connectivity index (χ2n) is 4.14. The first-order valence-corrected chi connectivity index (χ1v) is 5.30. The monoisotopic (exact) mass is 206 g/mol. The van der Waals surface area contributed by atoms with Crippen LogP contribution in [0, 0.1) is 0 Å². The van der Waals surface area contributed by atoms with Gasteiger partial charge in [-0.05, 0) is 36.7 Å². The lowest BCUT2D eigenvalue weighted by Gasteiger charge is -2.33. The topological polar surface area (TPSA) is 38.5 Å². The van der Waals surface area contributed by atoms with E-state index in [0.29, 0.717) is 12.6 Å². The van der Waals surface area contributed by atoms with E-state index in [9.17, 15) is 0 Å². The van der Waals surface area contributed by atoms with E-state index in [2.05, 4.69) is 24.1 Å². The predicted octanol–water partition coefficient (Wildman–Crippen LogP) is 1.01. The summed E-state index contributed by atoms with van der Waals surface area (Å²) in [6.07, 6.45) is 1.03. The summed E-state index contributed by atoms with van der Waals surface area (Å²) < 4.78 is 5.23. The Morgan fingerprint density at radius 2 is 2.27 bits per heavy atom. The molecule has 0 spiro atoms. The Labute approximate surface area is 90.8 Å².